The van der Waals surface area contributed by atoms with Crippen molar-refractivity contribution in [2.45, 2.75) is 37.6 Å². The second kappa shape index (κ2) is 7.06. The molecule has 24 heavy (non-hydrogen) atoms. The number of hydrogen-bond acceptors (Lipinski definition) is 3. The maximum absolute atomic E-state index is 13.0. The van der Waals surface area contributed by atoms with Gasteiger partial charge in [-0.2, -0.15) is 4.31 Å². The van der Waals surface area contributed by atoms with Crippen molar-refractivity contribution in [3.8, 4) is 0 Å². The van der Waals surface area contributed by atoms with Crippen molar-refractivity contribution in [2.24, 2.45) is 0 Å². The number of carbonyl (C=O) groups excluding carboxylic acids is 1. The molecular weight excluding hydrogens is 333 g/mol. The second-order valence-electron chi connectivity index (χ2n) is 6.88. The van der Waals surface area contributed by atoms with Crippen LogP contribution in [0.4, 0.5) is 9.18 Å². The molecule has 1 N–H and O–H groups in total. The number of urea groups is 1. The van der Waals surface area contributed by atoms with Gasteiger partial charge in [-0.1, -0.05) is 0 Å². The summed E-state index contributed by atoms with van der Waals surface area (Å²) < 4.78 is 39.6. The summed E-state index contributed by atoms with van der Waals surface area (Å²) in [6.07, 6.45) is 0.554. The Morgan fingerprint density at radius 2 is 1.71 bits per heavy atom. The highest BCUT2D eigenvalue weighted by atomic mass is 32.2. The van der Waals surface area contributed by atoms with Crippen molar-refractivity contribution in [2.75, 3.05) is 26.2 Å². The first-order chi connectivity index (χ1) is 11.1. The van der Waals surface area contributed by atoms with Crippen molar-refractivity contribution in [3.05, 3.63) is 30.1 Å². The Hall–Kier alpha value is -1.67. The molecule has 1 fully saturated rings. The lowest BCUT2D eigenvalue weighted by Crippen LogP contribution is -2.49. The fourth-order valence-corrected chi connectivity index (χ4v) is 3.96. The minimum atomic E-state index is -3.68. The maximum Gasteiger partial charge on any atom is 0.317 e. The molecule has 1 aromatic rings. The molecule has 1 aliphatic heterocycles. The lowest BCUT2D eigenvalue weighted by molar-refractivity contribution is 0.191. The zero-order chi connectivity index (χ0) is 18.0. The van der Waals surface area contributed by atoms with Crippen LogP contribution in [0, 0.1) is 5.82 Å². The third-order valence-corrected chi connectivity index (χ3v) is 5.59. The van der Waals surface area contributed by atoms with Gasteiger partial charge in [-0.15, -0.1) is 0 Å². The van der Waals surface area contributed by atoms with Crippen molar-refractivity contribution in [3.63, 3.8) is 0 Å². The van der Waals surface area contributed by atoms with Gasteiger partial charge in [0.25, 0.3) is 0 Å². The van der Waals surface area contributed by atoms with Gasteiger partial charge in [0, 0.05) is 31.7 Å². The van der Waals surface area contributed by atoms with Crippen LogP contribution in [-0.2, 0) is 10.0 Å². The molecule has 0 aromatic heterocycles. The summed E-state index contributed by atoms with van der Waals surface area (Å²) in [7, 11) is -3.68. The van der Waals surface area contributed by atoms with Crippen LogP contribution < -0.4 is 5.32 Å². The Morgan fingerprint density at radius 3 is 2.29 bits per heavy atom. The molecule has 2 amide bonds. The number of sulfonamides is 1. The summed E-state index contributed by atoms with van der Waals surface area (Å²) in [6.45, 7) is 7.06. The van der Waals surface area contributed by atoms with E-state index in [0.717, 1.165) is 12.1 Å². The second-order valence-corrected chi connectivity index (χ2v) is 8.82. The summed E-state index contributed by atoms with van der Waals surface area (Å²) in [6, 6.07) is 4.60. The van der Waals surface area contributed by atoms with E-state index in [9.17, 15) is 17.6 Å². The average molecular weight is 357 g/mol. The van der Waals surface area contributed by atoms with Crippen LogP contribution >= 0.6 is 0 Å². The molecule has 1 heterocycles. The molecule has 0 unspecified atom stereocenters. The zero-order valence-corrected chi connectivity index (χ0v) is 15.1. The lowest BCUT2D eigenvalue weighted by atomic mass is 10.1. The van der Waals surface area contributed by atoms with Gasteiger partial charge < -0.3 is 10.2 Å². The molecule has 8 heteroatoms. The molecule has 0 aliphatic carbocycles. The third kappa shape index (κ3) is 4.67. The van der Waals surface area contributed by atoms with Crippen LogP contribution in [0.3, 0.4) is 0 Å². The van der Waals surface area contributed by atoms with Crippen molar-refractivity contribution in [1.29, 1.82) is 0 Å². The van der Waals surface area contributed by atoms with Gasteiger partial charge in [0.1, 0.15) is 5.82 Å². The van der Waals surface area contributed by atoms with Crippen LogP contribution in [0.25, 0.3) is 0 Å². The molecule has 0 radical (unpaired) electrons. The number of hydrogen-bond donors (Lipinski definition) is 1. The highest BCUT2D eigenvalue weighted by Crippen LogP contribution is 2.18. The van der Waals surface area contributed by atoms with Gasteiger partial charge in [0.15, 0.2) is 0 Å². The molecule has 0 bridgehead atoms. The zero-order valence-electron chi connectivity index (χ0n) is 14.3. The quantitative estimate of drug-likeness (QED) is 0.880. The SMILES string of the molecule is CC(C)(C)NC(=O)N1CCCN(S(=O)(=O)c2ccc(F)cc2)CC1. The molecule has 0 saturated carbocycles. The molecule has 6 nitrogen and oxygen atoms in total. The van der Waals surface area contributed by atoms with E-state index in [2.05, 4.69) is 5.32 Å². The van der Waals surface area contributed by atoms with E-state index >= 15 is 0 Å². The monoisotopic (exact) mass is 357 g/mol. The Kier molecular flexibility index (Phi) is 5.49. The predicted molar refractivity (Wildman–Crippen MR) is 89.6 cm³/mol. The van der Waals surface area contributed by atoms with E-state index in [1.54, 1.807) is 4.90 Å². The molecule has 1 aromatic carbocycles. The molecular formula is C16H24FN3O3S. The fraction of sp³-hybridized carbons (Fsp3) is 0.562. The Bertz CT molecular complexity index is 684. The largest absolute Gasteiger partial charge is 0.333 e. The van der Waals surface area contributed by atoms with Gasteiger partial charge in [0.05, 0.1) is 4.90 Å². The summed E-state index contributed by atoms with van der Waals surface area (Å²) in [5.41, 5.74) is -0.344. The van der Waals surface area contributed by atoms with Crippen molar-refractivity contribution in [1.82, 2.24) is 14.5 Å². The van der Waals surface area contributed by atoms with E-state index in [4.69, 9.17) is 0 Å². The van der Waals surface area contributed by atoms with E-state index in [-0.39, 0.29) is 23.0 Å². The van der Waals surface area contributed by atoms with Gasteiger partial charge in [-0.3, -0.25) is 0 Å². The van der Waals surface area contributed by atoms with E-state index in [0.29, 0.717) is 26.1 Å². The number of amides is 2. The van der Waals surface area contributed by atoms with Crippen LogP contribution in [0.15, 0.2) is 29.2 Å². The van der Waals surface area contributed by atoms with Crippen LogP contribution in [-0.4, -0.2) is 55.4 Å². The molecule has 0 spiro atoms. The topological polar surface area (TPSA) is 69.7 Å². The fourth-order valence-electron chi connectivity index (χ4n) is 2.49. The number of nitrogens with zero attached hydrogens (tertiary/aromatic N) is 2. The number of halogens is 1. The smallest absolute Gasteiger partial charge is 0.317 e. The number of carbonyl (C=O) groups is 1. The molecule has 1 aliphatic rings. The molecule has 0 atom stereocenters. The summed E-state index contributed by atoms with van der Waals surface area (Å²) in [5, 5.41) is 2.89. The minimum Gasteiger partial charge on any atom is -0.333 e. The van der Waals surface area contributed by atoms with Gasteiger partial charge >= 0.3 is 6.03 Å². The highest BCUT2D eigenvalue weighted by molar-refractivity contribution is 7.89. The van der Waals surface area contributed by atoms with E-state index in [1.165, 1.54) is 16.4 Å². The van der Waals surface area contributed by atoms with Gasteiger partial charge in [-0.05, 0) is 51.5 Å². The summed E-state index contributed by atoms with van der Waals surface area (Å²) >= 11 is 0. The normalized spacial score (nSPS) is 17.4. The average Bonchev–Trinajstić information content (AvgIpc) is 2.72. The Morgan fingerprint density at radius 1 is 1.08 bits per heavy atom. The molecule has 134 valence electrons. The first kappa shape index (κ1) is 18.7. The Labute approximate surface area is 142 Å². The van der Waals surface area contributed by atoms with Crippen molar-refractivity contribution < 1.29 is 17.6 Å². The van der Waals surface area contributed by atoms with E-state index in [1.807, 2.05) is 20.8 Å². The third-order valence-electron chi connectivity index (χ3n) is 3.68. The standard InChI is InChI=1S/C16H24FN3O3S/c1-16(2,3)18-15(21)19-9-4-10-20(12-11-19)24(22,23)14-7-5-13(17)6-8-14/h5-8H,4,9-12H2,1-3H3,(H,18,21). The predicted octanol–water partition coefficient (Wildman–Crippen LogP) is 2.03. The van der Waals surface area contributed by atoms with Crippen LogP contribution in [0.5, 0.6) is 0 Å². The number of rotatable bonds is 2. The van der Waals surface area contributed by atoms with Crippen LogP contribution in [0.1, 0.15) is 27.2 Å². The van der Waals surface area contributed by atoms with Crippen molar-refractivity contribution >= 4 is 16.1 Å². The summed E-state index contributed by atoms with van der Waals surface area (Å²) in [5.74, 6) is -0.477. The number of nitrogens with one attached hydrogen (secondary N) is 1. The first-order valence-corrected chi connectivity index (χ1v) is 9.36. The first-order valence-electron chi connectivity index (χ1n) is 7.92. The highest BCUT2D eigenvalue weighted by Gasteiger charge is 2.29. The minimum absolute atomic E-state index is 0.0662. The molecule has 2 rings (SSSR count). The summed E-state index contributed by atoms with van der Waals surface area (Å²) in [4.78, 5) is 13.9. The lowest BCUT2D eigenvalue weighted by Gasteiger charge is -2.27. The number of benzene rings is 1. The van der Waals surface area contributed by atoms with Crippen LogP contribution in [0.2, 0.25) is 0 Å². The maximum atomic E-state index is 13.0. The molecule has 1 saturated heterocycles. The van der Waals surface area contributed by atoms with Gasteiger partial charge in [0.2, 0.25) is 10.0 Å². The van der Waals surface area contributed by atoms with E-state index < -0.39 is 15.8 Å². The van der Waals surface area contributed by atoms with Gasteiger partial charge in [-0.25, -0.2) is 17.6 Å². The Balaban J connectivity index is 2.07.